The average Bonchev–Trinajstić information content (AvgIpc) is 3.45. The summed E-state index contributed by atoms with van der Waals surface area (Å²) in [6, 6.07) is 8.78. The second-order valence-corrected chi connectivity index (χ2v) is 10.6. The fraction of sp³-hybridized carbons (Fsp3) is 0.630. The zero-order valence-electron chi connectivity index (χ0n) is 22.0. The molecule has 4 aliphatic heterocycles. The summed E-state index contributed by atoms with van der Waals surface area (Å²) in [6.45, 7) is 7.60. The fourth-order valence-corrected chi connectivity index (χ4v) is 5.57. The Morgan fingerprint density at radius 3 is 2.41 bits per heavy atom. The van der Waals surface area contributed by atoms with E-state index in [0.29, 0.717) is 6.61 Å². The molecule has 1 aromatic carbocycles. The molecular weight excluding hydrogens is 482 g/mol. The van der Waals surface area contributed by atoms with Gasteiger partial charge in [-0.3, -0.25) is 4.79 Å². The minimum absolute atomic E-state index is 0.162. The molecule has 0 N–H and O–H groups in total. The molecule has 202 valence electrons. The van der Waals surface area contributed by atoms with Crippen molar-refractivity contribution in [3.05, 3.63) is 48.0 Å². The molecule has 0 bridgehead atoms. The van der Waals surface area contributed by atoms with Gasteiger partial charge in [0.05, 0.1) is 25.8 Å². The minimum Gasteiger partial charge on any atom is -0.466 e. The van der Waals surface area contributed by atoms with E-state index in [0.717, 1.165) is 5.56 Å². The van der Waals surface area contributed by atoms with E-state index in [1.54, 1.807) is 11.0 Å². The van der Waals surface area contributed by atoms with Crippen LogP contribution in [0, 0.1) is 0 Å². The van der Waals surface area contributed by atoms with Crippen LogP contribution in [0.1, 0.15) is 39.4 Å². The second-order valence-electron chi connectivity index (χ2n) is 10.6. The highest BCUT2D eigenvalue weighted by Gasteiger charge is 2.64. The molecule has 5 rings (SSSR count). The highest BCUT2D eigenvalue weighted by atomic mass is 16.8. The molecule has 0 radical (unpaired) electrons. The van der Waals surface area contributed by atoms with E-state index in [4.69, 9.17) is 33.2 Å². The van der Waals surface area contributed by atoms with Gasteiger partial charge in [0.25, 0.3) is 5.91 Å². The van der Waals surface area contributed by atoms with Crippen molar-refractivity contribution in [1.82, 2.24) is 4.90 Å². The summed E-state index contributed by atoms with van der Waals surface area (Å²) in [5, 5.41) is 0. The zero-order chi connectivity index (χ0) is 26.5. The molecule has 4 fully saturated rings. The molecule has 0 saturated carbocycles. The normalized spacial score (nSPS) is 37.0. The van der Waals surface area contributed by atoms with Gasteiger partial charge in [-0.15, -0.1) is 0 Å². The first-order chi connectivity index (χ1) is 17.5. The first-order valence-electron chi connectivity index (χ1n) is 12.5. The Morgan fingerprint density at radius 1 is 1.05 bits per heavy atom. The van der Waals surface area contributed by atoms with Crippen molar-refractivity contribution < 1.29 is 42.7 Å². The topological polar surface area (TPSA) is 105 Å². The summed E-state index contributed by atoms with van der Waals surface area (Å²) in [6.07, 6.45) is 0.179. The van der Waals surface area contributed by atoms with Crippen LogP contribution in [0.25, 0.3) is 0 Å². The van der Waals surface area contributed by atoms with Crippen molar-refractivity contribution in [2.45, 2.75) is 88.0 Å². The smallest absolute Gasteiger partial charge is 0.330 e. The third kappa shape index (κ3) is 5.06. The maximum absolute atomic E-state index is 13.4. The minimum atomic E-state index is -0.949. The Morgan fingerprint density at radius 2 is 1.78 bits per heavy atom. The molecule has 1 aromatic rings. The Hall–Kier alpha value is -2.34. The van der Waals surface area contributed by atoms with Crippen LogP contribution in [0.5, 0.6) is 0 Å². The van der Waals surface area contributed by atoms with Gasteiger partial charge in [-0.2, -0.15) is 0 Å². The highest BCUT2D eigenvalue weighted by Crippen LogP contribution is 2.49. The number of hydrogen-bond acceptors (Lipinski definition) is 9. The van der Waals surface area contributed by atoms with Crippen LogP contribution in [-0.4, -0.2) is 91.8 Å². The standard InChI is InChI=1S/C27H35NO9/c1-26(2)33-14-17(35-26)22-21(36-27(3,4)37-22)16(12-13-18(29)31-5)28-19(24(32-6)25(28)30)23-20(34-23)15-10-8-7-9-11-15/h7-13,16-17,19-24H,14H2,1-6H3/b13-12+/t16-,17+,19-,20-,21+,22+,23-,24+/m0/s1. The molecule has 37 heavy (non-hydrogen) atoms. The van der Waals surface area contributed by atoms with E-state index >= 15 is 0 Å². The number of rotatable bonds is 8. The number of epoxide rings is 1. The summed E-state index contributed by atoms with van der Waals surface area (Å²) >= 11 is 0. The molecule has 4 saturated heterocycles. The number of β-lactam (4-membered cyclic amide) rings is 1. The van der Waals surface area contributed by atoms with Gasteiger partial charge in [0.2, 0.25) is 0 Å². The first-order valence-corrected chi connectivity index (χ1v) is 12.5. The number of benzene rings is 1. The van der Waals surface area contributed by atoms with Crippen LogP contribution < -0.4 is 0 Å². The number of methoxy groups -OCH3 is 2. The summed E-state index contributed by atoms with van der Waals surface area (Å²) in [4.78, 5) is 27.2. The average molecular weight is 518 g/mol. The van der Waals surface area contributed by atoms with Gasteiger partial charge in [0, 0.05) is 13.2 Å². The van der Waals surface area contributed by atoms with E-state index in [2.05, 4.69) is 0 Å². The molecule has 0 aliphatic carbocycles. The van der Waals surface area contributed by atoms with Crippen molar-refractivity contribution in [3.63, 3.8) is 0 Å². The highest BCUT2D eigenvalue weighted by molar-refractivity contribution is 5.90. The van der Waals surface area contributed by atoms with Crippen LogP contribution in [0.15, 0.2) is 42.5 Å². The number of amides is 1. The first kappa shape index (κ1) is 26.3. The molecule has 0 aromatic heterocycles. The summed E-state index contributed by atoms with van der Waals surface area (Å²) in [5.74, 6) is -2.48. The maximum Gasteiger partial charge on any atom is 0.330 e. The number of nitrogens with zero attached hydrogens (tertiary/aromatic N) is 1. The van der Waals surface area contributed by atoms with Gasteiger partial charge in [-0.05, 0) is 33.3 Å². The zero-order valence-corrected chi connectivity index (χ0v) is 22.0. The molecule has 8 atom stereocenters. The molecule has 0 spiro atoms. The lowest BCUT2D eigenvalue weighted by molar-refractivity contribution is -0.185. The van der Waals surface area contributed by atoms with Crippen LogP contribution in [0.2, 0.25) is 0 Å². The maximum atomic E-state index is 13.4. The predicted octanol–water partition coefficient (Wildman–Crippen LogP) is 2.12. The van der Waals surface area contributed by atoms with Gasteiger partial charge < -0.3 is 38.1 Å². The van der Waals surface area contributed by atoms with Gasteiger partial charge >= 0.3 is 5.97 Å². The van der Waals surface area contributed by atoms with Crippen molar-refractivity contribution in [1.29, 1.82) is 0 Å². The number of carbonyl (C=O) groups is 2. The second kappa shape index (κ2) is 9.76. The summed E-state index contributed by atoms with van der Waals surface area (Å²) < 4.78 is 41.0. The van der Waals surface area contributed by atoms with E-state index in [-0.39, 0.29) is 24.2 Å². The molecule has 4 aliphatic rings. The molecule has 10 nitrogen and oxygen atoms in total. The number of esters is 1. The quantitative estimate of drug-likeness (QED) is 0.222. The molecule has 0 unspecified atom stereocenters. The molecular formula is C27H35NO9. The number of hydrogen-bond donors (Lipinski definition) is 0. The SMILES string of the molecule is COC(=O)/C=C/[C@@H]([C@H]1OC(C)(C)O[C@@H]1[C@H]1COC(C)(C)O1)N1C(=O)[C@H](OC)[C@@H]1[C@@H]1O[C@H]1c1ccccc1. The lowest BCUT2D eigenvalue weighted by Crippen LogP contribution is -2.72. The van der Waals surface area contributed by atoms with E-state index in [1.807, 2.05) is 58.0 Å². The third-order valence-electron chi connectivity index (χ3n) is 7.22. The predicted molar refractivity (Wildman–Crippen MR) is 129 cm³/mol. The van der Waals surface area contributed by atoms with Crippen molar-refractivity contribution >= 4 is 11.9 Å². The Balaban J connectivity index is 1.47. The number of likely N-dealkylation sites (tertiary alicyclic amines) is 1. The van der Waals surface area contributed by atoms with Crippen molar-refractivity contribution in [2.75, 3.05) is 20.8 Å². The molecule has 4 heterocycles. The monoisotopic (exact) mass is 517 g/mol. The summed E-state index contributed by atoms with van der Waals surface area (Å²) in [7, 11) is 2.81. The van der Waals surface area contributed by atoms with Crippen LogP contribution in [-0.2, 0) is 42.7 Å². The number of carbonyl (C=O) groups excluding carboxylic acids is 2. The largest absolute Gasteiger partial charge is 0.466 e. The van der Waals surface area contributed by atoms with E-state index < -0.39 is 48.0 Å². The van der Waals surface area contributed by atoms with Gasteiger partial charge in [-0.25, -0.2) is 4.79 Å². The Labute approximate surface area is 216 Å². The van der Waals surface area contributed by atoms with E-state index in [1.165, 1.54) is 20.3 Å². The third-order valence-corrected chi connectivity index (χ3v) is 7.22. The number of ether oxygens (including phenoxy) is 7. The Bertz CT molecular complexity index is 1040. The molecule has 10 heteroatoms. The summed E-state index contributed by atoms with van der Waals surface area (Å²) in [5.41, 5.74) is 1.03. The van der Waals surface area contributed by atoms with Crippen LogP contribution in [0.4, 0.5) is 0 Å². The Kier molecular flexibility index (Phi) is 6.93. The van der Waals surface area contributed by atoms with Crippen LogP contribution >= 0.6 is 0 Å². The van der Waals surface area contributed by atoms with Crippen molar-refractivity contribution in [3.8, 4) is 0 Å². The fourth-order valence-electron chi connectivity index (χ4n) is 5.57. The van der Waals surface area contributed by atoms with Gasteiger partial charge in [0.1, 0.15) is 30.5 Å². The van der Waals surface area contributed by atoms with Gasteiger partial charge in [0.15, 0.2) is 17.7 Å². The van der Waals surface area contributed by atoms with Crippen LogP contribution in [0.3, 0.4) is 0 Å². The van der Waals surface area contributed by atoms with E-state index in [9.17, 15) is 9.59 Å². The molecule has 1 amide bonds. The lowest BCUT2D eigenvalue weighted by Gasteiger charge is -2.50. The lowest BCUT2D eigenvalue weighted by atomic mass is 9.86. The van der Waals surface area contributed by atoms with Gasteiger partial charge in [-0.1, -0.05) is 36.4 Å². The van der Waals surface area contributed by atoms with Crippen molar-refractivity contribution in [2.24, 2.45) is 0 Å².